The highest BCUT2D eigenvalue weighted by atomic mass is 19.1. The van der Waals surface area contributed by atoms with Crippen molar-refractivity contribution in [1.82, 2.24) is 15.1 Å². The summed E-state index contributed by atoms with van der Waals surface area (Å²) >= 11 is 0. The van der Waals surface area contributed by atoms with Gasteiger partial charge in [0.1, 0.15) is 5.82 Å². The molecule has 1 aromatic rings. The Hall–Kier alpha value is -1.95. The molecule has 1 heterocycles. The summed E-state index contributed by atoms with van der Waals surface area (Å²) in [6.45, 7) is 8.69. The van der Waals surface area contributed by atoms with Crippen LogP contribution < -0.4 is 5.32 Å². The van der Waals surface area contributed by atoms with Gasteiger partial charge < -0.3 is 15.1 Å². The topological polar surface area (TPSA) is 52.6 Å². The van der Waals surface area contributed by atoms with Gasteiger partial charge in [0.05, 0.1) is 0 Å². The normalized spacial score (nSPS) is 18.8. The second-order valence-electron chi connectivity index (χ2n) is 8.07. The molecule has 1 atom stereocenters. The summed E-state index contributed by atoms with van der Waals surface area (Å²) < 4.78 is 13.6. The van der Waals surface area contributed by atoms with E-state index < -0.39 is 0 Å². The summed E-state index contributed by atoms with van der Waals surface area (Å²) in [6, 6.07) is 5.16. The highest BCUT2D eigenvalue weighted by Gasteiger charge is 2.34. The van der Waals surface area contributed by atoms with E-state index in [1.54, 1.807) is 13.0 Å². The van der Waals surface area contributed by atoms with Crippen LogP contribution in [0.1, 0.15) is 49.7 Å². The predicted octanol–water partition coefficient (Wildman–Crippen LogP) is 2.69. The van der Waals surface area contributed by atoms with Gasteiger partial charge in [-0.3, -0.25) is 9.59 Å². The van der Waals surface area contributed by atoms with Crippen LogP contribution in [0, 0.1) is 18.7 Å². The van der Waals surface area contributed by atoms with Gasteiger partial charge in [-0.05, 0) is 55.3 Å². The maximum Gasteiger partial charge on any atom is 0.224 e. The lowest BCUT2D eigenvalue weighted by Crippen LogP contribution is -2.49. The number of amides is 2. The number of nitrogens with zero attached hydrogens (tertiary/aromatic N) is 2. The van der Waals surface area contributed by atoms with Crippen molar-refractivity contribution >= 4 is 11.8 Å². The molecule has 0 spiro atoms. The van der Waals surface area contributed by atoms with Gasteiger partial charge in [0, 0.05) is 45.6 Å². The lowest BCUT2D eigenvalue weighted by molar-refractivity contribution is -0.132. The Labute approximate surface area is 167 Å². The molecular weight excluding hydrogens is 357 g/mol. The fourth-order valence-corrected chi connectivity index (χ4v) is 4.01. The van der Waals surface area contributed by atoms with Gasteiger partial charge in [0.2, 0.25) is 11.8 Å². The highest BCUT2D eigenvalue weighted by molar-refractivity contribution is 5.79. The standard InChI is InChI=1S/C22H32FN3O2/c1-3-25-10-12-26(13-11-25)22(28)8-9-24-21(27)15-19(17-4-5-17)18-6-7-20(23)16(2)14-18/h6-7,14,17,19H,3-5,8-13,15H2,1-2H3,(H,24,27). The molecule has 28 heavy (non-hydrogen) atoms. The molecule has 154 valence electrons. The zero-order valence-corrected chi connectivity index (χ0v) is 17.0. The summed E-state index contributed by atoms with van der Waals surface area (Å²) in [4.78, 5) is 29.0. The summed E-state index contributed by atoms with van der Waals surface area (Å²) in [6.07, 6.45) is 2.99. The minimum absolute atomic E-state index is 0.0255. The number of rotatable bonds is 8. The first-order valence-corrected chi connectivity index (χ1v) is 10.5. The number of halogens is 1. The summed E-state index contributed by atoms with van der Waals surface area (Å²) in [5.74, 6) is 0.525. The Balaban J connectivity index is 1.44. The maximum absolute atomic E-state index is 13.6. The Morgan fingerprint density at radius 3 is 2.54 bits per heavy atom. The zero-order valence-electron chi connectivity index (χ0n) is 17.0. The van der Waals surface area contributed by atoms with Crippen LogP contribution in [-0.4, -0.2) is 60.9 Å². The van der Waals surface area contributed by atoms with Crippen molar-refractivity contribution in [1.29, 1.82) is 0 Å². The summed E-state index contributed by atoms with van der Waals surface area (Å²) in [5.41, 5.74) is 1.67. The van der Waals surface area contributed by atoms with Crippen molar-refractivity contribution in [3.05, 3.63) is 35.1 Å². The Bertz CT molecular complexity index is 697. The maximum atomic E-state index is 13.6. The molecule has 0 aromatic heterocycles. The van der Waals surface area contributed by atoms with Gasteiger partial charge in [0.25, 0.3) is 0 Å². The SMILES string of the molecule is CCN1CCN(C(=O)CCNC(=O)CC(c2ccc(F)c(C)c2)C2CC2)CC1. The Kier molecular flexibility index (Phi) is 7.05. The van der Waals surface area contributed by atoms with Crippen LogP contribution in [0.3, 0.4) is 0 Å². The van der Waals surface area contributed by atoms with Gasteiger partial charge in [-0.25, -0.2) is 4.39 Å². The number of benzene rings is 1. The number of piperazine rings is 1. The number of hydrogen-bond acceptors (Lipinski definition) is 3. The molecule has 1 unspecified atom stereocenters. The molecule has 1 aliphatic heterocycles. The van der Waals surface area contributed by atoms with Crippen LogP contribution in [0.15, 0.2) is 18.2 Å². The Morgan fingerprint density at radius 1 is 1.21 bits per heavy atom. The minimum atomic E-state index is -0.207. The van der Waals surface area contributed by atoms with E-state index in [1.165, 1.54) is 6.07 Å². The van der Waals surface area contributed by atoms with Crippen LogP contribution in [0.5, 0.6) is 0 Å². The van der Waals surface area contributed by atoms with Gasteiger partial charge in [-0.2, -0.15) is 0 Å². The monoisotopic (exact) mass is 389 g/mol. The Morgan fingerprint density at radius 2 is 1.93 bits per heavy atom. The average molecular weight is 390 g/mol. The first kappa shape index (κ1) is 20.8. The van der Waals surface area contributed by atoms with Crippen molar-refractivity contribution in [3.63, 3.8) is 0 Å². The number of hydrogen-bond donors (Lipinski definition) is 1. The third-order valence-electron chi connectivity index (χ3n) is 6.04. The van der Waals surface area contributed by atoms with Crippen LogP contribution >= 0.6 is 0 Å². The molecule has 3 rings (SSSR count). The fourth-order valence-electron chi connectivity index (χ4n) is 4.01. The number of aryl methyl sites for hydroxylation is 1. The molecule has 1 aromatic carbocycles. The average Bonchev–Trinajstić information content (AvgIpc) is 3.53. The molecule has 1 aliphatic carbocycles. The molecule has 0 bridgehead atoms. The van der Waals surface area contributed by atoms with Gasteiger partial charge in [-0.1, -0.05) is 19.1 Å². The number of carbonyl (C=O) groups is 2. The first-order chi connectivity index (χ1) is 13.5. The van der Waals surface area contributed by atoms with Gasteiger partial charge in [0.15, 0.2) is 0 Å². The predicted molar refractivity (Wildman–Crippen MR) is 108 cm³/mol. The van der Waals surface area contributed by atoms with Crippen LogP contribution in [0.25, 0.3) is 0 Å². The van der Waals surface area contributed by atoms with E-state index in [0.717, 1.165) is 51.1 Å². The van der Waals surface area contributed by atoms with Crippen LogP contribution in [0.4, 0.5) is 4.39 Å². The molecule has 2 amide bonds. The summed E-state index contributed by atoms with van der Waals surface area (Å²) in [5, 5.41) is 2.91. The molecule has 5 nitrogen and oxygen atoms in total. The molecule has 0 radical (unpaired) electrons. The molecule has 2 fully saturated rings. The van der Waals surface area contributed by atoms with E-state index in [4.69, 9.17) is 0 Å². The fraction of sp³-hybridized carbons (Fsp3) is 0.636. The number of nitrogens with one attached hydrogen (secondary N) is 1. The van der Waals surface area contributed by atoms with Gasteiger partial charge >= 0.3 is 0 Å². The van der Waals surface area contributed by atoms with E-state index in [1.807, 2.05) is 11.0 Å². The lowest BCUT2D eigenvalue weighted by atomic mass is 9.89. The summed E-state index contributed by atoms with van der Waals surface area (Å²) in [7, 11) is 0. The first-order valence-electron chi connectivity index (χ1n) is 10.5. The van der Waals surface area contributed by atoms with Crippen molar-refractivity contribution in [3.8, 4) is 0 Å². The van der Waals surface area contributed by atoms with E-state index in [9.17, 15) is 14.0 Å². The van der Waals surface area contributed by atoms with E-state index in [-0.39, 0.29) is 23.5 Å². The molecule has 2 aliphatic rings. The molecule has 1 N–H and O–H groups in total. The van der Waals surface area contributed by atoms with E-state index in [0.29, 0.717) is 30.9 Å². The third kappa shape index (κ3) is 5.53. The third-order valence-corrected chi connectivity index (χ3v) is 6.04. The second-order valence-corrected chi connectivity index (χ2v) is 8.07. The van der Waals surface area contributed by atoms with Crippen molar-refractivity contribution in [2.24, 2.45) is 5.92 Å². The highest BCUT2D eigenvalue weighted by Crippen LogP contribution is 2.44. The molecule has 1 saturated carbocycles. The lowest BCUT2D eigenvalue weighted by Gasteiger charge is -2.34. The van der Waals surface area contributed by atoms with Crippen molar-refractivity contribution in [2.45, 2.75) is 45.4 Å². The minimum Gasteiger partial charge on any atom is -0.356 e. The number of likely N-dealkylation sites (N-methyl/N-ethyl adjacent to an activating group) is 1. The van der Waals surface area contributed by atoms with Crippen molar-refractivity contribution < 1.29 is 14.0 Å². The molecule has 6 heteroatoms. The smallest absolute Gasteiger partial charge is 0.224 e. The van der Waals surface area contributed by atoms with Gasteiger partial charge in [-0.15, -0.1) is 0 Å². The second kappa shape index (κ2) is 9.50. The zero-order chi connectivity index (χ0) is 20.1. The quantitative estimate of drug-likeness (QED) is 0.744. The van der Waals surface area contributed by atoms with E-state index >= 15 is 0 Å². The van der Waals surface area contributed by atoms with E-state index in [2.05, 4.69) is 17.1 Å². The van der Waals surface area contributed by atoms with Crippen LogP contribution in [-0.2, 0) is 9.59 Å². The number of carbonyl (C=O) groups excluding carboxylic acids is 2. The molecule has 1 saturated heterocycles. The van der Waals surface area contributed by atoms with Crippen LogP contribution in [0.2, 0.25) is 0 Å². The van der Waals surface area contributed by atoms with Crippen molar-refractivity contribution in [2.75, 3.05) is 39.3 Å². The molecular formula is C22H32FN3O2. The largest absolute Gasteiger partial charge is 0.356 e.